The van der Waals surface area contributed by atoms with E-state index in [2.05, 4.69) is 221 Å². The van der Waals surface area contributed by atoms with E-state index >= 15 is 0 Å². The van der Waals surface area contributed by atoms with Gasteiger partial charge < -0.3 is 13.9 Å². The summed E-state index contributed by atoms with van der Waals surface area (Å²) in [4.78, 5) is 0. The van der Waals surface area contributed by atoms with Crippen molar-refractivity contribution in [2.75, 3.05) is 0 Å². The molecule has 272 valence electrons. The molecule has 3 heterocycles. The summed E-state index contributed by atoms with van der Waals surface area (Å²) >= 11 is 0. The summed E-state index contributed by atoms with van der Waals surface area (Å²) < 4.78 is 11.3. The summed E-state index contributed by atoms with van der Waals surface area (Å²) in [5.41, 5.74) is 9.25. The molecule has 11 aromatic rings. The Morgan fingerprint density at radius 1 is 0.362 bits per heavy atom. The molecule has 1 aliphatic rings. The van der Waals surface area contributed by atoms with E-state index in [9.17, 15) is 0 Å². The number of hydrogen-bond donors (Lipinski definition) is 0. The summed E-state index contributed by atoms with van der Waals surface area (Å²) in [5.74, 6) is 1.76. The lowest BCUT2D eigenvalue weighted by Crippen LogP contribution is -2.74. The van der Waals surface area contributed by atoms with Crippen LogP contribution in [0.1, 0.15) is 0 Å². The first kappa shape index (κ1) is 32.8. The lowest BCUT2D eigenvalue weighted by Gasteiger charge is -2.34. The zero-order valence-electron chi connectivity index (χ0n) is 31.6. The molecule has 0 aliphatic carbocycles. The first-order valence-corrected chi connectivity index (χ1v) is 21.9. The number of ether oxygens (including phenoxy) is 1. The van der Waals surface area contributed by atoms with Crippen LogP contribution < -0.4 is 25.5 Å². The van der Waals surface area contributed by atoms with Crippen LogP contribution in [0.2, 0.25) is 0 Å². The Bertz CT molecular complexity index is 3250. The standard InChI is InChI=1S/C54H36N2OSi/c1-4-16-39(17-5-1)58(40-18-6-2-7-19-40,41-20-8-3-9-21-41)42-32-34-49-46(36-42)44-22-10-12-24-47(44)55(49)38-30-28-37(29-31-38)43-33-35-52-54-53(43)45-23-11-13-25-48(45)56(54)50-26-14-15-27-51(50)57-52/h1-36H. The van der Waals surface area contributed by atoms with E-state index in [0.29, 0.717) is 0 Å². The average molecular weight is 757 g/mol. The smallest absolute Gasteiger partial charge is 0.179 e. The molecule has 58 heavy (non-hydrogen) atoms. The molecular weight excluding hydrogens is 721 g/mol. The SMILES string of the molecule is c1ccc([Si](c2ccccc2)(c2ccccc2)c2ccc3c(c2)c2ccccc2n3-c2ccc(-c3ccc4c5c3c3ccccc3n5-c3ccccc3O4)cc2)cc1. The van der Waals surface area contributed by atoms with Crippen molar-refractivity contribution in [3.63, 3.8) is 0 Å². The minimum atomic E-state index is -2.70. The van der Waals surface area contributed by atoms with E-state index in [-0.39, 0.29) is 0 Å². The summed E-state index contributed by atoms with van der Waals surface area (Å²) in [6.45, 7) is 0. The maximum atomic E-state index is 6.50. The van der Waals surface area contributed by atoms with Gasteiger partial charge in [0.05, 0.1) is 27.8 Å². The molecule has 1 aliphatic heterocycles. The van der Waals surface area contributed by atoms with Crippen molar-refractivity contribution in [3.8, 4) is 34.0 Å². The minimum absolute atomic E-state index is 0.876. The van der Waals surface area contributed by atoms with Crippen molar-refractivity contribution in [1.29, 1.82) is 0 Å². The van der Waals surface area contributed by atoms with Gasteiger partial charge in [-0.1, -0.05) is 164 Å². The Balaban J connectivity index is 1.04. The fraction of sp³-hybridized carbons (Fsp3) is 0. The minimum Gasteiger partial charge on any atom is -0.453 e. The van der Waals surface area contributed by atoms with Crippen molar-refractivity contribution < 1.29 is 4.74 Å². The van der Waals surface area contributed by atoms with Crippen LogP contribution in [0.3, 0.4) is 0 Å². The Hall–Kier alpha value is -7.40. The fourth-order valence-electron chi connectivity index (χ4n) is 9.83. The van der Waals surface area contributed by atoms with Crippen molar-refractivity contribution in [3.05, 3.63) is 218 Å². The molecule has 0 N–H and O–H groups in total. The molecule has 0 atom stereocenters. The van der Waals surface area contributed by atoms with E-state index < -0.39 is 8.07 Å². The van der Waals surface area contributed by atoms with Crippen LogP contribution in [0.4, 0.5) is 0 Å². The number of para-hydroxylation sites is 4. The number of aromatic nitrogens is 2. The molecule has 0 spiro atoms. The molecule has 0 saturated heterocycles. The summed E-state index contributed by atoms with van der Waals surface area (Å²) in [6.07, 6.45) is 0. The van der Waals surface area contributed by atoms with Gasteiger partial charge in [0.15, 0.2) is 19.6 Å². The van der Waals surface area contributed by atoms with Crippen molar-refractivity contribution in [2.45, 2.75) is 0 Å². The quantitative estimate of drug-likeness (QED) is 0.122. The maximum absolute atomic E-state index is 6.50. The van der Waals surface area contributed by atoms with Crippen LogP contribution in [0, 0.1) is 0 Å². The second-order valence-corrected chi connectivity index (χ2v) is 19.0. The van der Waals surface area contributed by atoms with Crippen LogP contribution in [-0.2, 0) is 0 Å². The summed E-state index contributed by atoms with van der Waals surface area (Å²) in [7, 11) is -2.70. The van der Waals surface area contributed by atoms with Crippen LogP contribution in [0.25, 0.3) is 66.1 Å². The zero-order valence-corrected chi connectivity index (χ0v) is 32.6. The molecule has 3 nitrogen and oxygen atoms in total. The third-order valence-electron chi connectivity index (χ3n) is 12.3. The van der Waals surface area contributed by atoms with E-state index in [1.807, 2.05) is 6.07 Å². The van der Waals surface area contributed by atoms with Crippen molar-refractivity contribution in [1.82, 2.24) is 9.13 Å². The van der Waals surface area contributed by atoms with Crippen LogP contribution >= 0.6 is 0 Å². The monoisotopic (exact) mass is 756 g/mol. The predicted octanol–water partition coefficient (Wildman–Crippen LogP) is 11.0. The first-order chi connectivity index (χ1) is 28.8. The van der Waals surface area contributed by atoms with Gasteiger partial charge in [0.1, 0.15) is 0 Å². The predicted molar refractivity (Wildman–Crippen MR) is 244 cm³/mol. The Labute approximate surface area is 337 Å². The Morgan fingerprint density at radius 3 is 1.59 bits per heavy atom. The molecule has 0 fully saturated rings. The van der Waals surface area contributed by atoms with Gasteiger partial charge in [0.2, 0.25) is 0 Å². The maximum Gasteiger partial charge on any atom is 0.179 e. The highest BCUT2D eigenvalue weighted by Gasteiger charge is 2.41. The molecular formula is C54H36N2OSi. The van der Waals surface area contributed by atoms with Crippen LogP contribution in [-0.4, -0.2) is 17.2 Å². The van der Waals surface area contributed by atoms with Gasteiger partial charge in [-0.2, -0.15) is 0 Å². The van der Waals surface area contributed by atoms with Crippen molar-refractivity contribution in [2.24, 2.45) is 0 Å². The Morgan fingerprint density at radius 2 is 0.914 bits per heavy atom. The van der Waals surface area contributed by atoms with E-state index in [1.165, 1.54) is 70.0 Å². The average Bonchev–Trinajstić information content (AvgIpc) is 3.82. The van der Waals surface area contributed by atoms with Gasteiger partial charge in [-0.05, 0) is 86.5 Å². The molecule has 2 aromatic heterocycles. The van der Waals surface area contributed by atoms with Gasteiger partial charge in [-0.25, -0.2) is 0 Å². The number of nitrogens with zero attached hydrogens (tertiary/aromatic N) is 2. The molecule has 0 bridgehead atoms. The van der Waals surface area contributed by atoms with E-state index in [0.717, 1.165) is 28.4 Å². The van der Waals surface area contributed by atoms with Gasteiger partial charge in [0.25, 0.3) is 0 Å². The molecule has 0 unspecified atom stereocenters. The van der Waals surface area contributed by atoms with E-state index in [1.54, 1.807) is 0 Å². The molecule has 0 radical (unpaired) electrons. The van der Waals surface area contributed by atoms with Gasteiger partial charge >= 0.3 is 0 Å². The highest BCUT2D eigenvalue weighted by Crippen LogP contribution is 2.48. The molecule has 0 amide bonds. The van der Waals surface area contributed by atoms with Crippen molar-refractivity contribution >= 4 is 72.4 Å². The normalized spacial score (nSPS) is 12.3. The first-order valence-electron chi connectivity index (χ1n) is 19.9. The van der Waals surface area contributed by atoms with Crippen LogP contribution in [0.15, 0.2) is 218 Å². The number of benzene rings is 9. The summed E-state index contributed by atoms with van der Waals surface area (Å²) in [6, 6.07) is 80.1. The van der Waals surface area contributed by atoms with E-state index in [4.69, 9.17) is 4.74 Å². The highest BCUT2D eigenvalue weighted by molar-refractivity contribution is 7.20. The fourth-order valence-corrected chi connectivity index (χ4v) is 14.6. The lowest BCUT2D eigenvalue weighted by atomic mass is 9.98. The lowest BCUT2D eigenvalue weighted by molar-refractivity contribution is 0.476. The topological polar surface area (TPSA) is 19.1 Å². The van der Waals surface area contributed by atoms with Crippen LogP contribution in [0.5, 0.6) is 11.5 Å². The zero-order chi connectivity index (χ0) is 38.2. The number of hydrogen-bond acceptors (Lipinski definition) is 1. The number of fused-ring (bicyclic) bond motifs is 8. The Kier molecular flexibility index (Phi) is 7.25. The molecule has 9 aromatic carbocycles. The third-order valence-corrected chi connectivity index (χ3v) is 17.0. The second-order valence-electron chi connectivity index (χ2n) is 15.2. The second kappa shape index (κ2) is 12.8. The van der Waals surface area contributed by atoms with Gasteiger partial charge in [-0.15, -0.1) is 0 Å². The van der Waals surface area contributed by atoms with Gasteiger partial charge in [0, 0.05) is 27.2 Å². The highest BCUT2D eigenvalue weighted by atomic mass is 28.3. The third kappa shape index (κ3) is 4.67. The molecule has 0 saturated carbocycles. The number of rotatable bonds is 6. The molecule has 4 heteroatoms. The van der Waals surface area contributed by atoms with Gasteiger partial charge in [-0.3, -0.25) is 0 Å². The summed E-state index contributed by atoms with van der Waals surface area (Å²) in [5, 5.41) is 10.4. The molecule has 12 rings (SSSR count). The largest absolute Gasteiger partial charge is 0.453 e.